The predicted octanol–water partition coefficient (Wildman–Crippen LogP) is 3.73. The predicted molar refractivity (Wildman–Crippen MR) is 93.9 cm³/mol. The van der Waals surface area contributed by atoms with Crippen LogP contribution in [0, 0.1) is 15.9 Å². The van der Waals surface area contributed by atoms with Gasteiger partial charge < -0.3 is 5.32 Å². The fourth-order valence-corrected chi connectivity index (χ4v) is 2.49. The van der Waals surface area contributed by atoms with Crippen molar-refractivity contribution in [1.82, 2.24) is 9.78 Å². The van der Waals surface area contributed by atoms with E-state index >= 15 is 0 Å². The Labute approximate surface area is 148 Å². The molecule has 0 unspecified atom stereocenters. The van der Waals surface area contributed by atoms with Crippen molar-refractivity contribution in [1.29, 1.82) is 0 Å². The lowest BCUT2D eigenvalue weighted by molar-refractivity contribution is -0.385. The zero-order chi connectivity index (χ0) is 18.7. The molecule has 0 radical (unpaired) electrons. The first-order valence-electron chi connectivity index (χ1n) is 7.88. The molecule has 7 nitrogen and oxygen atoms in total. The van der Waals surface area contributed by atoms with Crippen molar-refractivity contribution in [2.45, 2.75) is 13.3 Å². The number of aromatic nitrogens is 2. The third-order valence-electron chi connectivity index (χ3n) is 3.83. The van der Waals surface area contributed by atoms with E-state index in [9.17, 15) is 19.3 Å². The summed E-state index contributed by atoms with van der Waals surface area (Å²) in [4.78, 5) is 23.0. The van der Waals surface area contributed by atoms with Gasteiger partial charge in [0, 0.05) is 23.5 Å². The molecule has 132 valence electrons. The van der Waals surface area contributed by atoms with Gasteiger partial charge in [-0.15, -0.1) is 0 Å². The smallest absolute Gasteiger partial charge is 0.276 e. The average Bonchev–Trinajstić information content (AvgIpc) is 3.12. The summed E-state index contributed by atoms with van der Waals surface area (Å²) in [6, 6.07) is 11.7. The second-order valence-corrected chi connectivity index (χ2v) is 5.53. The number of halogens is 1. The Morgan fingerprint density at radius 1 is 1.23 bits per heavy atom. The maximum atomic E-state index is 13.0. The molecule has 0 spiro atoms. The first kappa shape index (κ1) is 17.3. The molecule has 1 heterocycles. The Balaban J connectivity index is 1.79. The number of nitro benzene ring substituents is 1. The van der Waals surface area contributed by atoms with Crippen molar-refractivity contribution in [2.24, 2.45) is 0 Å². The summed E-state index contributed by atoms with van der Waals surface area (Å²) in [5.41, 5.74) is 1.61. The topological polar surface area (TPSA) is 90.1 Å². The van der Waals surface area contributed by atoms with Crippen LogP contribution in [0.1, 0.15) is 23.0 Å². The molecule has 1 N–H and O–H groups in total. The largest absolute Gasteiger partial charge is 0.320 e. The van der Waals surface area contributed by atoms with Gasteiger partial charge in [0.2, 0.25) is 0 Å². The normalized spacial score (nSPS) is 10.5. The maximum Gasteiger partial charge on any atom is 0.276 e. The van der Waals surface area contributed by atoms with Crippen molar-refractivity contribution >= 4 is 17.3 Å². The first-order chi connectivity index (χ1) is 12.5. The molecule has 0 bridgehead atoms. The molecule has 0 aliphatic carbocycles. The average molecular weight is 354 g/mol. The van der Waals surface area contributed by atoms with Crippen LogP contribution < -0.4 is 5.32 Å². The van der Waals surface area contributed by atoms with E-state index in [2.05, 4.69) is 10.4 Å². The molecule has 3 rings (SSSR count). The Hall–Kier alpha value is -3.55. The number of aryl methyl sites for hydroxylation is 1. The molecule has 3 aromatic rings. The number of hydrogen-bond acceptors (Lipinski definition) is 4. The van der Waals surface area contributed by atoms with Crippen molar-refractivity contribution in [2.75, 3.05) is 5.32 Å². The van der Waals surface area contributed by atoms with Gasteiger partial charge in [0.25, 0.3) is 11.6 Å². The van der Waals surface area contributed by atoms with E-state index in [0.29, 0.717) is 23.4 Å². The third-order valence-corrected chi connectivity index (χ3v) is 3.83. The lowest BCUT2D eigenvalue weighted by atomic mass is 10.1. The van der Waals surface area contributed by atoms with Crippen LogP contribution in [-0.4, -0.2) is 20.6 Å². The summed E-state index contributed by atoms with van der Waals surface area (Å²) in [5.74, 6) is -0.861. The number of carbonyl (C=O) groups excluding carboxylic acids is 1. The first-order valence-corrected chi connectivity index (χ1v) is 7.88. The summed E-state index contributed by atoms with van der Waals surface area (Å²) < 4.78 is 14.4. The number of carbonyl (C=O) groups is 1. The van der Waals surface area contributed by atoms with Crippen molar-refractivity contribution in [3.8, 4) is 5.69 Å². The fourth-order valence-electron chi connectivity index (χ4n) is 2.49. The Morgan fingerprint density at radius 2 is 1.96 bits per heavy atom. The second-order valence-electron chi connectivity index (χ2n) is 5.53. The Kier molecular flexibility index (Phi) is 4.74. The molecule has 2 aromatic carbocycles. The van der Waals surface area contributed by atoms with Crippen molar-refractivity contribution < 1.29 is 14.1 Å². The molecule has 1 aromatic heterocycles. The molecule has 0 fully saturated rings. The van der Waals surface area contributed by atoms with Crippen LogP contribution in [0.3, 0.4) is 0 Å². The van der Waals surface area contributed by atoms with Gasteiger partial charge in [0.05, 0.1) is 10.6 Å². The summed E-state index contributed by atoms with van der Waals surface area (Å²) in [7, 11) is 0. The molecule has 0 aliphatic rings. The van der Waals surface area contributed by atoms with Crippen LogP contribution in [0.4, 0.5) is 15.8 Å². The highest BCUT2D eigenvalue weighted by atomic mass is 19.1. The summed E-state index contributed by atoms with van der Waals surface area (Å²) >= 11 is 0. The minimum atomic E-state index is -0.496. The van der Waals surface area contributed by atoms with Gasteiger partial charge in [-0.3, -0.25) is 14.9 Å². The number of hydrogen-bond donors (Lipinski definition) is 1. The van der Waals surface area contributed by atoms with E-state index in [4.69, 9.17) is 0 Å². The SMILES string of the molecule is CCc1ccc(NC(=O)c2ccn(-c3ccc(F)cc3)n2)cc1[N+](=O)[O-]. The second kappa shape index (κ2) is 7.14. The molecule has 0 atom stereocenters. The minimum Gasteiger partial charge on any atom is -0.320 e. The Bertz CT molecular complexity index is 967. The highest BCUT2D eigenvalue weighted by Gasteiger charge is 2.16. The number of anilines is 1. The van der Waals surface area contributed by atoms with E-state index in [1.54, 1.807) is 18.3 Å². The summed E-state index contributed by atoms with van der Waals surface area (Å²) in [5, 5.41) is 17.9. The van der Waals surface area contributed by atoms with E-state index in [-0.39, 0.29) is 17.2 Å². The lowest BCUT2D eigenvalue weighted by Gasteiger charge is -2.06. The van der Waals surface area contributed by atoms with Crippen LogP contribution >= 0.6 is 0 Å². The van der Waals surface area contributed by atoms with Crippen LogP contribution in [0.25, 0.3) is 5.69 Å². The van der Waals surface area contributed by atoms with E-state index in [1.165, 1.54) is 41.1 Å². The molecular formula is C18H15FN4O3. The minimum absolute atomic E-state index is 0.0397. The van der Waals surface area contributed by atoms with Gasteiger partial charge in [-0.1, -0.05) is 13.0 Å². The molecule has 0 saturated heterocycles. The molecule has 8 heteroatoms. The van der Waals surface area contributed by atoms with Crippen LogP contribution in [0.5, 0.6) is 0 Å². The highest BCUT2D eigenvalue weighted by Crippen LogP contribution is 2.24. The number of nitro groups is 1. The Morgan fingerprint density at radius 3 is 2.62 bits per heavy atom. The number of nitrogens with zero attached hydrogens (tertiary/aromatic N) is 3. The maximum absolute atomic E-state index is 13.0. The number of rotatable bonds is 5. The molecule has 0 saturated carbocycles. The number of amides is 1. The van der Waals surface area contributed by atoms with Crippen molar-refractivity contribution in [3.05, 3.63) is 81.9 Å². The quantitative estimate of drug-likeness (QED) is 0.558. The van der Waals surface area contributed by atoms with E-state index < -0.39 is 10.8 Å². The van der Waals surface area contributed by atoms with Gasteiger partial charge in [-0.2, -0.15) is 5.10 Å². The number of nitrogens with one attached hydrogen (secondary N) is 1. The highest BCUT2D eigenvalue weighted by molar-refractivity contribution is 6.03. The van der Waals surface area contributed by atoms with Gasteiger partial charge in [-0.05, 0) is 42.8 Å². The van der Waals surface area contributed by atoms with Gasteiger partial charge in [-0.25, -0.2) is 9.07 Å². The third kappa shape index (κ3) is 3.59. The zero-order valence-corrected chi connectivity index (χ0v) is 13.8. The molecule has 1 amide bonds. The fraction of sp³-hybridized carbons (Fsp3) is 0.111. The van der Waals surface area contributed by atoms with E-state index in [0.717, 1.165) is 0 Å². The molecular weight excluding hydrogens is 339 g/mol. The zero-order valence-electron chi connectivity index (χ0n) is 13.8. The van der Waals surface area contributed by atoms with Gasteiger partial charge >= 0.3 is 0 Å². The monoisotopic (exact) mass is 354 g/mol. The van der Waals surface area contributed by atoms with Gasteiger partial charge in [0.15, 0.2) is 5.69 Å². The lowest BCUT2D eigenvalue weighted by Crippen LogP contribution is -2.13. The standard InChI is InChI=1S/C18H15FN4O3/c1-2-12-3-6-14(11-17(12)23(25)26)20-18(24)16-9-10-22(21-16)15-7-4-13(19)5-8-15/h3-11H,2H2,1H3,(H,20,24). The summed E-state index contributed by atoms with van der Waals surface area (Å²) in [6.07, 6.45) is 2.09. The van der Waals surface area contributed by atoms with Crippen molar-refractivity contribution in [3.63, 3.8) is 0 Å². The van der Waals surface area contributed by atoms with E-state index in [1.807, 2.05) is 6.92 Å². The van der Waals surface area contributed by atoms with Crippen LogP contribution in [-0.2, 0) is 6.42 Å². The number of benzene rings is 2. The van der Waals surface area contributed by atoms with Gasteiger partial charge in [0.1, 0.15) is 5.82 Å². The summed E-state index contributed by atoms with van der Waals surface area (Å²) in [6.45, 7) is 1.82. The van der Waals surface area contributed by atoms with Crippen LogP contribution in [0.2, 0.25) is 0 Å². The van der Waals surface area contributed by atoms with Crippen LogP contribution in [0.15, 0.2) is 54.7 Å². The molecule has 0 aliphatic heterocycles. The molecule has 26 heavy (non-hydrogen) atoms.